The monoisotopic (exact) mass is 304 g/mol. The van der Waals surface area contributed by atoms with Crippen LogP contribution in [-0.4, -0.2) is 15.6 Å². The molecule has 0 amide bonds. The van der Waals surface area contributed by atoms with Gasteiger partial charge in [-0.15, -0.1) is 0 Å². The first-order valence-electron chi connectivity index (χ1n) is 7.18. The van der Waals surface area contributed by atoms with Crippen LogP contribution in [0.2, 0.25) is 5.02 Å². The molecule has 0 aliphatic carbocycles. The van der Waals surface area contributed by atoms with E-state index in [0.29, 0.717) is 11.6 Å². The Balaban J connectivity index is 2.40. The van der Waals surface area contributed by atoms with Crippen LogP contribution in [0.5, 0.6) is 0 Å². The molecule has 0 saturated heterocycles. The Morgan fingerprint density at radius 3 is 2.29 bits per heavy atom. The molecule has 2 rings (SSSR count). The zero-order valence-corrected chi connectivity index (χ0v) is 14.0. The van der Waals surface area contributed by atoms with Gasteiger partial charge in [-0.05, 0) is 45.7 Å². The van der Waals surface area contributed by atoms with E-state index in [1.165, 1.54) is 5.56 Å². The van der Waals surface area contributed by atoms with Crippen LogP contribution in [0.4, 0.5) is 0 Å². The van der Waals surface area contributed by atoms with Crippen LogP contribution in [-0.2, 0) is 13.0 Å². The van der Waals surface area contributed by atoms with Gasteiger partial charge in [0.05, 0.1) is 22.8 Å². The van der Waals surface area contributed by atoms with Gasteiger partial charge in [-0.2, -0.15) is 5.10 Å². The summed E-state index contributed by atoms with van der Waals surface area (Å²) in [7, 11) is 0. The van der Waals surface area contributed by atoms with E-state index < -0.39 is 0 Å². The molecule has 0 fully saturated rings. The molecule has 112 valence electrons. The molecule has 0 aliphatic rings. The lowest BCUT2D eigenvalue weighted by atomic mass is 9.94. The van der Waals surface area contributed by atoms with Crippen molar-refractivity contribution >= 4 is 17.4 Å². The first kappa shape index (κ1) is 15.8. The Kier molecular flexibility index (Phi) is 4.52. The van der Waals surface area contributed by atoms with E-state index in [0.717, 1.165) is 28.1 Å². The fourth-order valence-electron chi connectivity index (χ4n) is 2.90. The maximum Gasteiger partial charge on any atom is 0.169 e. The van der Waals surface area contributed by atoms with E-state index in [1.807, 2.05) is 51.4 Å². The second kappa shape index (κ2) is 6.02. The van der Waals surface area contributed by atoms with E-state index in [9.17, 15) is 4.79 Å². The number of aryl methyl sites for hydroxylation is 5. The second-order valence-electron chi connectivity index (χ2n) is 5.54. The van der Waals surface area contributed by atoms with Crippen LogP contribution in [0.1, 0.15) is 45.4 Å². The zero-order valence-electron chi connectivity index (χ0n) is 13.2. The number of benzene rings is 1. The number of ketones is 1. The van der Waals surface area contributed by atoms with Crippen LogP contribution in [0.3, 0.4) is 0 Å². The molecule has 0 saturated carbocycles. The summed E-state index contributed by atoms with van der Waals surface area (Å²) in [5, 5.41) is 4.97. The minimum atomic E-state index is 0.0986. The molecule has 3 nitrogen and oxygen atoms in total. The van der Waals surface area contributed by atoms with Crippen LogP contribution < -0.4 is 0 Å². The van der Waals surface area contributed by atoms with Gasteiger partial charge in [0.15, 0.2) is 5.78 Å². The Labute approximate surface area is 130 Å². The summed E-state index contributed by atoms with van der Waals surface area (Å²) in [5.74, 6) is 0.0986. The van der Waals surface area contributed by atoms with Crippen molar-refractivity contribution in [3.05, 3.63) is 50.8 Å². The summed E-state index contributed by atoms with van der Waals surface area (Å²) >= 11 is 6.29. The molecular formula is C17H21ClN2O. The van der Waals surface area contributed by atoms with Crippen molar-refractivity contribution in [2.24, 2.45) is 0 Å². The largest absolute Gasteiger partial charge is 0.294 e. The highest BCUT2D eigenvalue weighted by Crippen LogP contribution is 2.24. The third-order valence-corrected chi connectivity index (χ3v) is 4.23. The van der Waals surface area contributed by atoms with E-state index in [2.05, 4.69) is 5.10 Å². The van der Waals surface area contributed by atoms with Crippen molar-refractivity contribution in [1.29, 1.82) is 0 Å². The summed E-state index contributed by atoms with van der Waals surface area (Å²) in [6, 6.07) is 4.09. The van der Waals surface area contributed by atoms with Crippen LogP contribution in [0.25, 0.3) is 0 Å². The smallest absolute Gasteiger partial charge is 0.169 e. The van der Waals surface area contributed by atoms with Gasteiger partial charge >= 0.3 is 0 Å². The number of carbonyl (C=O) groups excluding carboxylic acids is 1. The Bertz CT molecular complexity index is 678. The molecule has 0 N–H and O–H groups in total. The molecule has 0 radical (unpaired) electrons. The molecule has 0 atom stereocenters. The first-order valence-corrected chi connectivity index (χ1v) is 7.55. The highest BCUT2D eigenvalue weighted by atomic mass is 35.5. The lowest BCUT2D eigenvalue weighted by Gasteiger charge is -2.11. The predicted octanol–water partition coefficient (Wildman–Crippen LogP) is 4.22. The Morgan fingerprint density at radius 2 is 1.76 bits per heavy atom. The van der Waals surface area contributed by atoms with Gasteiger partial charge in [-0.1, -0.05) is 29.3 Å². The minimum absolute atomic E-state index is 0.0986. The number of hydrogen-bond acceptors (Lipinski definition) is 2. The molecule has 2 aromatic rings. The number of rotatable bonds is 4. The van der Waals surface area contributed by atoms with Gasteiger partial charge in [-0.25, -0.2) is 0 Å². The van der Waals surface area contributed by atoms with Gasteiger partial charge in [0, 0.05) is 12.1 Å². The predicted molar refractivity (Wildman–Crippen MR) is 86.3 cm³/mol. The van der Waals surface area contributed by atoms with Crippen LogP contribution in [0, 0.1) is 27.7 Å². The maximum absolute atomic E-state index is 12.7. The van der Waals surface area contributed by atoms with Crippen molar-refractivity contribution in [3.8, 4) is 0 Å². The summed E-state index contributed by atoms with van der Waals surface area (Å²) < 4.78 is 1.81. The summed E-state index contributed by atoms with van der Waals surface area (Å²) in [5.41, 5.74) is 5.60. The first-order chi connectivity index (χ1) is 9.85. The second-order valence-corrected chi connectivity index (χ2v) is 5.91. The number of halogens is 1. The van der Waals surface area contributed by atoms with Crippen molar-refractivity contribution in [1.82, 2.24) is 9.78 Å². The van der Waals surface area contributed by atoms with E-state index in [1.54, 1.807) is 0 Å². The van der Waals surface area contributed by atoms with Gasteiger partial charge in [0.2, 0.25) is 0 Å². The average molecular weight is 305 g/mol. The zero-order chi connectivity index (χ0) is 15.7. The summed E-state index contributed by atoms with van der Waals surface area (Å²) in [4.78, 5) is 12.7. The molecule has 4 heteroatoms. The number of Topliss-reactive ketones (excluding diaryl/α,β-unsaturated/α-hetero) is 1. The normalized spacial score (nSPS) is 11.0. The lowest BCUT2D eigenvalue weighted by molar-refractivity contribution is 0.0989. The van der Waals surface area contributed by atoms with Crippen LogP contribution in [0.15, 0.2) is 12.1 Å². The molecule has 0 spiro atoms. The molecule has 21 heavy (non-hydrogen) atoms. The highest BCUT2D eigenvalue weighted by molar-refractivity contribution is 6.32. The standard InChI is InChI=1S/C17H21ClN2O/c1-6-20-14(17(18)13(5)19-20)9-15(21)16-11(3)7-10(2)8-12(16)4/h7-8H,6,9H2,1-5H3. The lowest BCUT2D eigenvalue weighted by Crippen LogP contribution is -2.12. The van der Waals surface area contributed by atoms with E-state index in [-0.39, 0.29) is 12.2 Å². The number of hydrogen-bond donors (Lipinski definition) is 0. The number of nitrogens with zero attached hydrogens (tertiary/aromatic N) is 2. The Hall–Kier alpha value is -1.61. The highest BCUT2D eigenvalue weighted by Gasteiger charge is 2.19. The molecule has 0 bridgehead atoms. The fourth-order valence-corrected chi connectivity index (χ4v) is 3.10. The molecule has 0 aliphatic heterocycles. The van der Waals surface area contributed by atoms with Gasteiger partial charge in [0.25, 0.3) is 0 Å². The Morgan fingerprint density at radius 1 is 1.19 bits per heavy atom. The molecule has 1 heterocycles. The molecule has 1 aromatic carbocycles. The van der Waals surface area contributed by atoms with E-state index >= 15 is 0 Å². The quantitative estimate of drug-likeness (QED) is 0.793. The fraction of sp³-hybridized carbons (Fsp3) is 0.412. The van der Waals surface area contributed by atoms with E-state index in [4.69, 9.17) is 11.6 Å². The van der Waals surface area contributed by atoms with Crippen molar-refractivity contribution in [2.45, 2.75) is 47.6 Å². The van der Waals surface area contributed by atoms with Crippen molar-refractivity contribution < 1.29 is 4.79 Å². The SMILES string of the molecule is CCn1nc(C)c(Cl)c1CC(=O)c1c(C)cc(C)cc1C. The van der Waals surface area contributed by atoms with Crippen molar-refractivity contribution in [3.63, 3.8) is 0 Å². The molecular weight excluding hydrogens is 284 g/mol. The number of carbonyl (C=O) groups is 1. The average Bonchev–Trinajstić information content (AvgIpc) is 2.65. The van der Waals surface area contributed by atoms with Crippen LogP contribution >= 0.6 is 11.6 Å². The maximum atomic E-state index is 12.7. The topological polar surface area (TPSA) is 34.9 Å². The minimum Gasteiger partial charge on any atom is -0.294 e. The third kappa shape index (κ3) is 3.03. The summed E-state index contributed by atoms with van der Waals surface area (Å²) in [6.07, 6.45) is 0.290. The van der Waals surface area contributed by atoms with Gasteiger partial charge < -0.3 is 0 Å². The summed E-state index contributed by atoms with van der Waals surface area (Å²) in [6.45, 7) is 10.6. The third-order valence-electron chi connectivity index (χ3n) is 3.74. The number of aromatic nitrogens is 2. The van der Waals surface area contributed by atoms with Gasteiger partial charge in [0.1, 0.15) is 0 Å². The van der Waals surface area contributed by atoms with Crippen molar-refractivity contribution in [2.75, 3.05) is 0 Å². The molecule has 1 aromatic heterocycles. The van der Waals surface area contributed by atoms with Gasteiger partial charge in [-0.3, -0.25) is 9.48 Å². The molecule has 0 unspecified atom stereocenters.